The first-order valence-corrected chi connectivity index (χ1v) is 10.5. The molecular formula is C26H26N2O3. The lowest BCUT2D eigenvalue weighted by atomic mass is 10.1. The maximum absolute atomic E-state index is 13.0. The number of ether oxygens (including phenoxy) is 1. The molecule has 1 aliphatic rings. The second-order valence-electron chi connectivity index (χ2n) is 7.78. The summed E-state index contributed by atoms with van der Waals surface area (Å²) in [5.41, 5.74) is 2.67. The number of nitrogens with one attached hydrogen (secondary N) is 1. The Morgan fingerprint density at radius 2 is 1.65 bits per heavy atom. The van der Waals surface area contributed by atoms with Crippen LogP contribution in [0.25, 0.3) is 0 Å². The molecular weight excluding hydrogens is 388 g/mol. The quantitative estimate of drug-likeness (QED) is 0.603. The summed E-state index contributed by atoms with van der Waals surface area (Å²) in [6.45, 7) is 2.77. The smallest absolute Gasteiger partial charge is 0.229 e. The van der Waals surface area contributed by atoms with Gasteiger partial charge in [-0.1, -0.05) is 66.7 Å². The summed E-state index contributed by atoms with van der Waals surface area (Å²) >= 11 is 0. The van der Waals surface area contributed by atoms with Gasteiger partial charge in [0, 0.05) is 24.2 Å². The number of carbonyl (C=O) groups excluding carboxylic acids is 2. The maximum atomic E-state index is 13.0. The Balaban J connectivity index is 1.40. The van der Waals surface area contributed by atoms with Crippen LogP contribution in [0.15, 0.2) is 84.9 Å². The van der Waals surface area contributed by atoms with Gasteiger partial charge in [-0.2, -0.15) is 0 Å². The van der Waals surface area contributed by atoms with Crippen LogP contribution in [0.3, 0.4) is 0 Å². The highest BCUT2D eigenvalue weighted by Gasteiger charge is 2.37. The molecule has 0 radical (unpaired) electrons. The first-order chi connectivity index (χ1) is 15.1. The molecule has 1 N–H and O–H groups in total. The predicted octanol–water partition coefficient (Wildman–Crippen LogP) is 4.81. The van der Waals surface area contributed by atoms with Crippen LogP contribution in [0.2, 0.25) is 0 Å². The van der Waals surface area contributed by atoms with Gasteiger partial charge in [0.15, 0.2) is 0 Å². The van der Waals surface area contributed by atoms with E-state index in [4.69, 9.17) is 4.74 Å². The van der Waals surface area contributed by atoms with Gasteiger partial charge in [0.1, 0.15) is 12.4 Å². The molecule has 158 valence electrons. The Morgan fingerprint density at radius 1 is 1.00 bits per heavy atom. The van der Waals surface area contributed by atoms with E-state index in [9.17, 15) is 9.59 Å². The average Bonchev–Trinajstić information content (AvgIpc) is 3.21. The zero-order valence-corrected chi connectivity index (χ0v) is 17.5. The van der Waals surface area contributed by atoms with E-state index in [0.29, 0.717) is 18.8 Å². The zero-order valence-electron chi connectivity index (χ0n) is 17.5. The largest absolute Gasteiger partial charge is 0.489 e. The van der Waals surface area contributed by atoms with E-state index in [-0.39, 0.29) is 30.2 Å². The van der Waals surface area contributed by atoms with Crippen LogP contribution in [0.4, 0.5) is 5.69 Å². The van der Waals surface area contributed by atoms with Gasteiger partial charge in [0.25, 0.3) is 0 Å². The number of benzene rings is 3. The van der Waals surface area contributed by atoms with Crippen molar-refractivity contribution in [2.45, 2.75) is 26.0 Å². The van der Waals surface area contributed by atoms with Gasteiger partial charge in [0.05, 0.1) is 12.0 Å². The Morgan fingerprint density at radius 3 is 2.39 bits per heavy atom. The van der Waals surface area contributed by atoms with Gasteiger partial charge in [-0.05, 0) is 30.7 Å². The standard InChI is InChI=1S/C26H26N2O3/c1-19(20-10-4-2-5-11-20)28-17-22(16-25(28)29)26(30)27-24-15-9-8-12-21(24)18-31-23-13-6-3-7-14-23/h2-15,19,22H,16-18H2,1H3,(H,27,30). The Bertz CT molecular complexity index is 1040. The topological polar surface area (TPSA) is 58.6 Å². The van der Waals surface area contributed by atoms with E-state index in [0.717, 1.165) is 16.9 Å². The van der Waals surface area contributed by atoms with Gasteiger partial charge in [0.2, 0.25) is 11.8 Å². The minimum Gasteiger partial charge on any atom is -0.489 e. The zero-order chi connectivity index (χ0) is 21.6. The minimum absolute atomic E-state index is 0.0113. The molecule has 1 aliphatic heterocycles. The molecule has 4 rings (SSSR count). The lowest BCUT2D eigenvalue weighted by molar-refractivity contribution is -0.129. The highest BCUT2D eigenvalue weighted by atomic mass is 16.5. The number of carbonyl (C=O) groups is 2. The third-order valence-corrected chi connectivity index (χ3v) is 5.69. The van der Waals surface area contributed by atoms with Crippen molar-refractivity contribution < 1.29 is 14.3 Å². The number of nitrogens with zero attached hydrogens (tertiary/aromatic N) is 1. The SMILES string of the molecule is CC(c1ccccc1)N1CC(C(=O)Nc2ccccc2COc2ccccc2)CC1=O. The number of para-hydroxylation sites is 2. The van der Waals surface area contributed by atoms with Gasteiger partial charge in [-0.15, -0.1) is 0 Å². The van der Waals surface area contributed by atoms with Crippen LogP contribution >= 0.6 is 0 Å². The van der Waals surface area contributed by atoms with Gasteiger partial charge >= 0.3 is 0 Å². The van der Waals surface area contributed by atoms with Crippen molar-refractivity contribution in [2.75, 3.05) is 11.9 Å². The van der Waals surface area contributed by atoms with Crippen LogP contribution in [0, 0.1) is 5.92 Å². The van der Waals surface area contributed by atoms with E-state index in [1.165, 1.54) is 0 Å². The molecule has 2 amide bonds. The normalized spacial score (nSPS) is 16.7. The van der Waals surface area contributed by atoms with E-state index in [1.807, 2.05) is 91.9 Å². The van der Waals surface area contributed by atoms with Gasteiger partial charge in [-0.3, -0.25) is 9.59 Å². The van der Waals surface area contributed by atoms with Crippen molar-refractivity contribution in [3.63, 3.8) is 0 Å². The Hall–Kier alpha value is -3.60. The number of hydrogen-bond donors (Lipinski definition) is 1. The predicted molar refractivity (Wildman–Crippen MR) is 121 cm³/mol. The van der Waals surface area contributed by atoms with Crippen LogP contribution in [0.1, 0.15) is 30.5 Å². The van der Waals surface area contributed by atoms with Gasteiger partial charge in [-0.25, -0.2) is 0 Å². The molecule has 5 heteroatoms. The molecule has 5 nitrogen and oxygen atoms in total. The van der Waals surface area contributed by atoms with E-state index in [2.05, 4.69) is 5.32 Å². The Kier molecular flexibility index (Phi) is 6.32. The van der Waals surface area contributed by atoms with Crippen molar-refractivity contribution in [2.24, 2.45) is 5.92 Å². The highest BCUT2D eigenvalue weighted by molar-refractivity contribution is 5.97. The first-order valence-electron chi connectivity index (χ1n) is 10.5. The summed E-state index contributed by atoms with van der Waals surface area (Å²) in [7, 11) is 0. The first kappa shape index (κ1) is 20.7. The molecule has 1 saturated heterocycles. The van der Waals surface area contributed by atoms with Crippen molar-refractivity contribution in [1.29, 1.82) is 0 Å². The second-order valence-corrected chi connectivity index (χ2v) is 7.78. The number of hydrogen-bond acceptors (Lipinski definition) is 3. The number of likely N-dealkylation sites (tertiary alicyclic amines) is 1. The monoisotopic (exact) mass is 414 g/mol. The lowest BCUT2D eigenvalue weighted by Gasteiger charge is -2.25. The third-order valence-electron chi connectivity index (χ3n) is 5.69. The Labute approximate surface area is 182 Å². The highest BCUT2D eigenvalue weighted by Crippen LogP contribution is 2.29. The molecule has 2 unspecified atom stereocenters. The molecule has 3 aromatic rings. The molecule has 31 heavy (non-hydrogen) atoms. The third kappa shape index (κ3) is 4.94. The molecule has 1 heterocycles. The molecule has 3 aromatic carbocycles. The summed E-state index contributed by atoms with van der Waals surface area (Å²) in [6.07, 6.45) is 0.228. The molecule has 0 bridgehead atoms. The lowest BCUT2D eigenvalue weighted by Crippen LogP contribution is -2.30. The van der Waals surface area contributed by atoms with Crippen molar-refractivity contribution in [1.82, 2.24) is 4.90 Å². The fourth-order valence-corrected chi connectivity index (χ4v) is 3.87. The molecule has 2 atom stereocenters. The van der Waals surface area contributed by atoms with Crippen LogP contribution in [0.5, 0.6) is 5.75 Å². The van der Waals surface area contributed by atoms with Gasteiger partial charge < -0.3 is 15.0 Å². The molecule has 0 aliphatic carbocycles. The molecule has 0 aromatic heterocycles. The molecule has 0 spiro atoms. The fraction of sp³-hybridized carbons (Fsp3) is 0.231. The van der Waals surface area contributed by atoms with Crippen LogP contribution in [-0.2, 0) is 16.2 Å². The van der Waals surface area contributed by atoms with Crippen molar-refractivity contribution >= 4 is 17.5 Å². The molecule has 0 saturated carbocycles. The van der Waals surface area contributed by atoms with E-state index >= 15 is 0 Å². The number of rotatable bonds is 7. The second kappa shape index (κ2) is 9.47. The summed E-state index contributed by atoms with van der Waals surface area (Å²) in [4.78, 5) is 27.4. The average molecular weight is 415 g/mol. The minimum atomic E-state index is -0.373. The van der Waals surface area contributed by atoms with Crippen molar-refractivity contribution in [3.05, 3.63) is 96.1 Å². The fourth-order valence-electron chi connectivity index (χ4n) is 3.87. The molecule has 1 fully saturated rings. The summed E-state index contributed by atoms with van der Waals surface area (Å²) in [5, 5.41) is 3.01. The van der Waals surface area contributed by atoms with Crippen LogP contribution < -0.4 is 10.1 Å². The van der Waals surface area contributed by atoms with E-state index < -0.39 is 0 Å². The van der Waals surface area contributed by atoms with Crippen molar-refractivity contribution in [3.8, 4) is 5.75 Å². The van der Waals surface area contributed by atoms with Crippen LogP contribution in [-0.4, -0.2) is 23.3 Å². The summed E-state index contributed by atoms with van der Waals surface area (Å²) in [6, 6.07) is 27.0. The summed E-state index contributed by atoms with van der Waals surface area (Å²) in [5.74, 6) is 0.276. The number of amides is 2. The van der Waals surface area contributed by atoms with E-state index in [1.54, 1.807) is 4.90 Å². The summed E-state index contributed by atoms with van der Waals surface area (Å²) < 4.78 is 5.84. The number of anilines is 1. The maximum Gasteiger partial charge on any atom is 0.229 e.